The Morgan fingerprint density at radius 1 is 1.06 bits per heavy atom. The molecule has 0 spiro atoms. The first kappa shape index (κ1) is 24.4. The summed E-state index contributed by atoms with van der Waals surface area (Å²) in [7, 11) is 1.57. The smallest absolute Gasteiger partial charge is 0.335 e. The number of aromatic nitrogens is 2. The van der Waals surface area contributed by atoms with Crippen molar-refractivity contribution in [1.29, 1.82) is 0 Å². The number of amides is 1. The number of carbonyl (C=O) groups excluding carboxylic acids is 1. The van der Waals surface area contributed by atoms with Gasteiger partial charge < -0.3 is 19.9 Å². The molecule has 1 fully saturated rings. The Morgan fingerprint density at radius 2 is 1.74 bits per heavy atom. The Kier molecular flexibility index (Phi) is 7.16. The van der Waals surface area contributed by atoms with Gasteiger partial charge in [-0.3, -0.25) is 9.59 Å². The summed E-state index contributed by atoms with van der Waals surface area (Å²) in [5, 5.41) is 14.0. The molecule has 2 aromatic carbocycles. The van der Waals surface area contributed by atoms with Gasteiger partial charge >= 0.3 is 11.7 Å². The van der Waals surface area contributed by atoms with E-state index in [0.717, 1.165) is 29.6 Å². The molecule has 9 heteroatoms. The second kappa shape index (κ2) is 10.3. The molecule has 35 heavy (non-hydrogen) atoms. The van der Waals surface area contributed by atoms with Crippen LogP contribution in [0.2, 0.25) is 0 Å². The molecule has 0 radical (unpaired) electrons. The summed E-state index contributed by atoms with van der Waals surface area (Å²) >= 11 is 0. The van der Waals surface area contributed by atoms with Crippen molar-refractivity contribution in [1.82, 2.24) is 19.4 Å². The van der Waals surface area contributed by atoms with Gasteiger partial charge in [0.15, 0.2) is 0 Å². The van der Waals surface area contributed by atoms with Gasteiger partial charge in [0.2, 0.25) is 5.91 Å². The van der Waals surface area contributed by atoms with Crippen molar-refractivity contribution in [2.24, 2.45) is 13.0 Å². The maximum absolute atomic E-state index is 12.8. The van der Waals surface area contributed by atoms with E-state index in [1.165, 1.54) is 16.8 Å². The lowest BCUT2D eigenvalue weighted by Gasteiger charge is -2.30. The zero-order valence-corrected chi connectivity index (χ0v) is 19.9. The van der Waals surface area contributed by atoms with Crippen molar-refractivity contribution in [2.45, 2.75) is 32.2 Å². The minimum Gasteiger partial charge on any atom is -0.480 e. The second-order valence-electron chi connectivity index (χ2n) is 8.98. The van der Waals surface area contributed by atoms with E-state index in [9.17, 15) is 24.3 Å². The van der Waals surface area contributed by atoms with Crippen molar-refractivity contribution >= 4 is 22.6 Å². The molecule has 1 amide bonds. The summed E-state index contributed by atoms with van der Waals surface area (Å²) < 4.78 is 2.43. The first-order valence-electron chi connectivity index (χ1n) is 11.9. The van der Waals surface area contributed by atoms with E-state index in [4.69, 9.17) is 0 Å². The Labute approximate surface area is 202 Å². The third kappa shape index (κ3) is 5.05. The molecule has 1 aromatic heterocycles. The number of likely N-dealkylation sites (tertiary alicyclic amines) is 1. The predicted octanol–water partition coefficient (Wildman–Crippen LogP) is 1.53. The molecular weight excluding hydrogens is 448 g/mol. The average molecular weight is 479 g/mol. The Morgan fingerprint density at radius 3 is 2.43 bits per heavy atom. The van der Waals surface area contributed by atoms with Crippen LogP contribution in [0.15, 0.2) is 58.3 Å². The topological polar surface area (TPSA) is 114 Å². The molecule has 1 atom stereocenters. The van der Waals surface area contributed by atoms with Crippen molar-refractivity contribution < 1.29 is 14.7 Å². The minimum absolute atomic E-state index is 0.0807. The van der Waals surface area contributed by atoms with Crippen LogP contribution in [0.1, 0.15) is 25.3 Å². The maximum atomic E-state index is 12.8. The quantitative estimate of drug-likeness (QED) is 0.533. The van der Waals surface area contributed by atoms with Crippen LogP contribution in [0.4, 0.5) is 0 Å². The van der Waals surface area contributed by atoms with Gasteiger partial charge in [-0.05, 0) is 49.5 Å². The average Bonchev–Trinajstić information content (AvgIpc) is 2.86. The second-order valence-corrected chi connectivity index (χ2v) is 8.98. The summed E-state index contributed by atoms with van der Waals surface area (Å²) in [4.78, 5) is 52.4. The van der Waals surface area contributed by atoms with E-state index in [1.807, 2.05) is 6.07 Å². The van der Waals surface area contributed by atoms with Crippen molar-refractivity contribution in [3.05, 3.63) is 75.1 Å². The number of benzene rings is 2. The number of hydrogen-bond acceptors (Lipinski definition) is 5. The number of nitrogens with one attached hydrogen (secondary N) is 1. The molecule has 0 unspecified atom stereocenters. The molecule has 0 saturated carbocycles. The fourth-order valence-electron chi connectivity index (χ4n) is 4.74. The van der Waals surface area contributed by atoms with Crippen LogP contribution in [0, 0.1) is 5.92 Å². The number of piperidine rings is 1. The van der Waals surface area contributed by atoms with Crippen molar-refractivity contribution in [3.63, 3.8) is 0 Å². The number of hydrogen-bond donors (Lipinski definition) is 2. The lowest BCUT2D eigenvalue weighted by molar-refractivity contribution is -0.142. The summed E-state index contributed by atoms with van der Waals surface area (Å²) in [5.74, 6) is -1.53. The summed E-state index contributed by atoms with van der Waals surface area (Å²) in [5.41, 5.74) is 0.212. The van der Waals surface area contributed by atoms with Gasteiger partial charge in [0.1, 0.15) is 6.04 Å². The van der Waals surface area contributed by atoms with E-state index in [0.29, 0.717) is 29.5 Å². The van der Waals surface area contributed by atoms with E-state index >= 15 is 0 Å². The number of aliphatic carboxylic acids is 1. The number of fused-ring (bicyclic) bond motifs is 1. The Hall–Kier alpha value is -3.72. The monoisotopic (exact) mass is 478 g/mol. The predicted molar refractivity (Wildman–Crippen MR) is 133 cm³/mol. The third-order valence-corrected chi connectivity index (χ3v) is 6.83. The number of carboxylic acid groups (broad SMARTS) is 1. The van der Waals surface area contributed by atoms with Crippen LogP contribution < -0.4 is 16.6 Å². The molecule has 1 saturated heterocycles. The van der Waals surface area contributed by atoms with Gasteiger partial charge in [0.25, 0.3) is 5.56 Å². The lowest BCUT2D eigenvalue weighted by atomic mass is 9.94. The Balaban J connectivity index is 1.64. The van der Waals surface area contributed by atoms with E-state index in [-0.39, 0.29) is 18.2 Å². The van der Waals surface area contributed by atoms with Gasteiger partial charge in [-0.15, -0.1) is 0 Å². The molecule has 2 heterocycles. The van der Waals surface area contributed by atoms with Gasteiger partial charge in [0, 0.05) is 37.0 Å². The molecule has 0 bridgehead atoms. The standard InChI is InChI=1S/C26H30N4O5/c1-3-29-14-10-17(11-15-29)24(32)27-21(25(33)34)16-18-6-4-8-20-19(18)7-5-9-22(20)30-23(31)12-13-28(2)26(30)35/h4-9,12-13,17,21H,3,10-11,14-16H2,1-2H3,(H,27,32)(H,33,34)/t21-/m0/s1. The normalized spacial score (nSPS) is 15.7. The van der Waals surface area contributed by atoms with E-state index < -0.39 is 23.3 Å². The Bertz CT molecular complexity index is 1370. The first-order valence-corrected chi connectivity index (χ1v) is 11.9. The molecule has 184 valence electrons. The van der Waals surface area contributed by atoms with Gasteiger partial charge in [0.05, 0.1) is 5.69 Å². The minimum atomic E-state index is -1.11. The number of nitrogens with zero attached hydrogens (tertiary/aromatic N) is 3. The molecule has 2 N–H and O–H groups in total. The highest BCUT2D eigenvalue weighted by atomic mass is 16.4. The van der Waals surface area contributed by atoms with E-state index in [2.05, 4.69) is 17.1 Å². The van der Waals surface area contributed by atoms with Crippen molar-refractivity contribution in [3.8, 4) is 5.69 Å². The number of carboxylic acids is 1. The van der Waals surface area contributed by atoms with E-state index in [1.54, 1.807) is 37.4 Å². The van der Waals surface area contributed by atoms with Crippen LogP contribution >= 0.6 is 0 Å². The summed E-state index contributed by atoms with van der Waals surface area (Å²) in [6.07, 6.45) is 2.93. The molecular formula is C26H30N4O5. The van der Waals surface area contributed by atoms with Crippen LogP contribution in [-0.2, 0) is 23.1 Å². The van der Waals surface area contributed by atoms with Crippen LogP contribution in [0.3, 0.4) is 0 Å². The molecule has 1 aliphatic rings. The van der Waals surface area contributed by atoms with Gasteiger partial charge in [-0.2, -0.15) is 0 Å². The van der Waals surface area contributed by atoms with Crippen LogP contribution in [0.5, 0.6) is 0 Å². The SMILES string of the molecule is CCN1CCC(C(=O)N[C@@H](Cc2cccc3c(-n4c(=O)ccn(C)c4=O)cccc23)C(=O)O)CC1. The zero-order chi connectivity index (χ0) is 25.1. The molecule has 1 aliphatic heterocycles. The molecule has 9 nitrogen and oxygen atoms in total. The highest BCUT2D eigenvalue weighted by Crippen LogP contribution is 2.25. The molecule has 4 rings (SSSR count). The fraction of sp³-hybridized carbons (Fsp3) is 0.385. The van der Waals surface area contributed by atoms with Gasteiger partial charge in [-0.1, -0.05) is 37.3 Å². The van der Waals surface area contributed by atoms with Crippen molar-refractivity contribution in [2.75, 3.05) is 19.6 Å². The largest absolute Gasteiger partial charge is 0.480 e. The third-order valence-electron chi connectivity index (χ3n) is 6.83. The van der Waals surface area contributed by atoms with Gasteiger partial charge in [-0.25, -0.2) is 14.2 Å². The lowest BCUT2D eigenvalue weighted by Crippen LogP contribution is -2.47. The summed E-state index contributed by atoms with van der Waals surface area (Å²) in [6, 6.07) is 10.8. The number of carbonyl (C=O) groups is 2. The molecule has 3 aromatic rings. The zero-order valence-electron chi connectivity index (χ0n) is 19.9. The summed E-state index contributed by atoms with van der Waals surface area (Å²) in [6.45, 7) is 4.69. The molecule has 0 aliphatic carbocycles. The van der Waals surface area contributed by atoms with Crippen LogP contribution in [0.25, 0.3) is 16.5 Å². The fourth-order valence-corrected chi connectivity index (χ4v) is 4.74. The number of rotatable bonds is 7. The maximum Gasteiger partial charge on any atom is 0.335 e. The van der Waals surface area contributed by atoms with Crippen LogP contribution in [-0.4, -0.2) is 56.7 Å². The highest BCUT2D eigenvalue weighted by molar-refractivity contribution is 5.93. The number of aryl methyl sites for hydroxylation is 1. The first-order chi connectivity index (χ1) is 16.8. The highest BCUT2D eigenvalue weighted by Gasteiger charge is 2.28.